The summed E-state index contributed by atoms with van der Waals surface area (Å²) in [6.45, 7) is 4.03. The first-order valence-electron chi connectivity index (χ1n) is 4.37. The summed E-state index contributed by atoms with van der Waals surface area (Å²) in [4.78, 5) is 4.34. The van der Waals surface area contributed by atoms with E-state index in [-0.39, 0.29) is 0 Å². The minimum Gasteiger partial charge on any atom is -0.423 e. The van der Waals surface area contributed by atoms with Crippen LogP contribution in [0.1, 0.15) is 11.1 Å². The number of hydrogen-bond acceptors (Lipinski definition) is 3. The van der Waals surface area contributed by atoms with Gasteiger partial charge in [-0.25, -0.2) is 0 Å². The lowest BCUT2D eigenvalue weighted by Crippen LogP contribution is -1.86. The van der Waals surface area contributed by atoms with E-state index < -0.39 is 0 Å². The topological polar surface area (TPSA) is 38.1 Å². The molecule has 74 valence electrons. The second-order valence-electron chi connectivity index (χ2n) is 3.25. The first kappa shape index (κ1) is 9.52. The SMILES string of the molecule is CNc1nc2c(C)c(Br)cc(C)c2o1. The Balaban J connectivity index is 2.84. The molecule has 3 nitrogen and oxygen atoms in total. The van der Waals surface area contributed by atoms with Gasteiger partial charge in [-0.1, -0.05) is 15.9 Å². The van der Waals surface area contributed by atoms with E-state index in [2.05, 4.69) is 26.2 Å². The molecule has 0 fully saturated rings. The Morgan fingerprint density at radius 3 is 2.79 bits per heavy atom. The van der Waals surface area contributed by atoms with Crippen LogP contribution in [0.4, 0.5) is 6.01 Å². The van der Waals surface area contributed by atoms with Crippen LogP contribution in [0.25, 0.3) is 11.1 Å². The molecule has 1 aromatic carbocycles. The van der Waals surface area contributed by atoms with Crippen molar-refractivity contribution in [3.63, 3.8) is 0 Å². The number of rotatable bonds is 1. The highest BCUT2D eigenvalue weighted by atomic mass is 79.9. The Hall–Kier alpha value is -1.03. The molecule has 0 unspecified atom stereocenters. The molecule has 0 radical (unpaired) electrons. The first-order chi connectivity index (χ1) is 6.63. The summed E-state index contributed by atoms with van der Waals surface area (Å²) in [6.07, 6.45) is 0. The summed E-state index contributed by atoms with van der Waals surface area (Å²) < 4.78 is 6.61. The zero-order valence-corrected chi connectivity index (χ0v) is 9.90. The minimum absolute atomic E-state index is 0.560. The van der Waals surface area contributed by atoms with Crippen LogP contribution in [-0.4, -0.2) is 12.0 Å². The summed E-state index contributed by atoms with van der Waals surface area (Å²) in [5, 5.41) is 2.90. The number of oxazole rings is 1. The van der Waals surface area contributed by atoms with Gasteiger partial charge in [0.15, 0.2) is 5.58 Å². The monoisotopic (exact) mass is 254 g/mol. The zero-order chi connectivity index (χ0) is 10.3. The van der Waals surface area contributed by atoms with Crippen LogP contribution in [0.2, 0.25) is 0 Å². The molecule has 0 aliphatic carbocycles. The van der Waals surface area contributed by atoms with Crippen molar-refractivity contribution >= 4 is 33.0 Å². The van der Waals surface area contributed by atoms with E-state index in [1.54, 1.807) is 7.05 Å². The lowest BCUT2D eigenvalue weighted by Gasteiger charge is -1.99. The first-order valence-corrected chi connectivity index (χ1v) is 5.16. The van der Waals surface area contributed by atoms with Gasteiger partial charge in [0, 0.05) is 11.5 Å². The highest BCUT2D eigenvalue weighted by Gasteiger charge is 2.11. The van der Waals surface area contributed by atoms with E-state index in [9.17, 15) is 0 Å². The lowest BCUT2D eigenvalue weighted by atomic mass is 10.1. The number of aromatic nitrogens is 1. The summed E-state index contributed by atoms with van der Waals surface area (Å²) >= 11 is 3.50. The number of benzene rings is 1. The minimum atomic E-state index is 0.560. The van der Waals surface area contributed by atoms with E-state index in [4.69, 9.17) is 4.42 Å². The van der Waals surface area contributed by atoms with Crippen LogP contribution in [0.3, 0.4) is 0 Å². The van der Waals surface area contributed by atoms with E-state index in [1.165, 1.54) is 0 Å². The predicted octanol–water partition coefficient (Wildman–Crippen LogP) is 3.25. The normalized spacial score (nSPS) is 10.9. The molecule has 2 rings (SSSR count). The lowest BCUT2D eigenvalue weighted by molar-refractivity contribution is 0.618. The van der Waals surface area contributed by atoms with Gasteiger partial charge in [-0.3, -0.25) is 0 Å². The number of halogens is 1. The molecule has 0 aliphatic rings. The van der Waals surface area contributed by atoms with Crippen molar-refractivity contribution in [1.29, 1.82) is 0 Å². The molecule has 1 N–H and O–H groups in total. The molecule has 0 amide bonds. The molecule has 1 aromatic heterocycles. The van der Waals surface area contributed by atoms with Crippen LogP contribution in [0, 0.1) is 13.8 Å². The zero-order valence-electron chi connectivity index (χ0n) is 8.31. The van der Waals surface area contributed by atoms with E-state index in [0.29, 0.717) is 6.01 Å². The van der Waals surface area contributed by atoms with Crippen LogP contribution in [0.5, 0.6) is 0 Å². The number of fused-ring (bicyclic) bond motifs is 1. The van der Waals surface area contributed by atoms with E-state index in [0.717, 1.165) is 26.7 Å². The Kier molecular flexibility index (Phi) is 2.23. The summed E-state index contributed by atoms with van der Waals surface area (Å²) in [6, 6.07) is 2.60. The van der Waals surface area contributed by atoms with Crippen LogP contribution in [-0.2, 0) is 0 Å². The second kappa shape index (κ2) is 3.28. The molecular weight excluding hydrogens is 244 g/mol. The van der Waals surface area contributed by atoms with Crippen molar-refractivity contribution in [2.24, 2.45) is 0 Å². The van der Waals surface area contributed by atoms with Gasteiger partial charge in [-0.05, 0) is 31.0 Å². The average Bonchev–Trinajstić information content (AvgIpc) is 2.58. The smallest absolute Gasteiger partial charge is 0.295 e. The van der Waals surface area contributed by atoms with Crippen molar-refractivity contribution in [2.45, 2.75) is 13.8 Å². The number of anilines is 1. The van der Waals surface area contributed by atoms with Crippen molar-refractivity contribution in [3.8, 4) is 0 Å². The van der Waals surface area contributed by atoms with Gasteiger partial charge < -0.3 is 9.73 Å². The number of nitrogens with one attached hydrogen (secondary N) is 1. The van der Waals surface area contributed by atoms with Gasteiger partial charge in [0.05, 0.1) is 0 Å². The molecular formula is C10H11BrN2O. The molecule has 14 heavy (non-hydrogen) atoms. The number of nitrogens with zero attached hydrogens (tertiary/aromatic N) is 1. The molecule has 0 aliphatic heterocycles. The van der Waals surface area contributed by atoms with Gasteiger partial charge >= 0.3 is 0 Å². The van der Waals surface area contributed by atoms with E-state index >= 15 is 0 Å². The molecule has 0 saturated carbocycles. The van der Waals surface area contributed by atoms with Crippen molar-refractivity contribution in [2.75, 3.05) is 12.4 Å². The standard InChI is InChI=1S/C10H11BrN2O/c1-5-4-7(11)6(2)8-9(5)14-10(12-3)13-8/h4H,1-3H3,(H,12,13). The Morgan fingerprint density at radius 1 is 1.43 bits per heavy atom. The molecule has 0 atom stereocenters. The van der Waals surface area contributed by atoms with Crippen molar-refractivity contribution < 1.29 is 4.42 Å². The third kappa shape index (κ3) is 1.30. The van der Waals surface area contributed by atoms with Crippen molar-refractivity contribution in [3.05, 3.63) is 21.7 Å². The molecule has 0 saturated heterocycles. The van der Waals surface area contributed by atoms with Gasteiger partial charge in [-0.2, -0.15) is 4.98 Å². The molecule has 0 bridgehead atoms. The van der Waals surface area contributed by atoms with Gasteiger partial charge in [0.2, 0.25) is 0 Å². The molecule has 0 spiro atoms. The fraction of sp³-hybridized carbons (Fsp3) is 0.300. The Bertz CT molecular complexity index is 490. The third-order valence-electron chi connectivity index (χ3n) is 2.26. The maximum absolute atomic E-state index is 5.54. The molecule has 1 heterocycles. The summed E-state index contributed by atoms with van der Waals surface area (Å²) in [5.41, 5.74) is 3.97. The number of aryl methyl sites for hydroxylation is 2. The Morgan fingerprint density at radius 2 is 2.14 bits per heavy atom. The summed E-state index contributed by atoms with van der Waals surface area (Å²) in [7, 11) is 1.80. The highest BCUT2D eigenvalue weighted by molar-refractivity contribution is 9.10. The maximum Gasteiger partial charge on any atom is 0.295 e. The fourth-order valence-corrected chi connectivity index (χ4v) is 1.96. The van der Waals surface area contributed by atoms with Crippen LogP contribution in [0.15, 0.2) is 15.0 Å². The number of hydrogen-bond donors (Lipinski definition) is 1. The average molecular weight is 255 g/mol. The van der Waals surface area contributed by atoms with Gasteiger partial charge in [-0.15, -0.1) is 0 Å². The largest absolute Gasteiger partial charge is 0.423 e. The van der Waals surface area contributed by atoms with Gasteiger partial charge in [0.25, 0.3) is 6.01 Å². The quantitative estimate of drug-likeness (QED) is 0.849. The van der Waals surface area contributed by atoms with Crippen LogP contribution < -0.4 is 5.32 Å². The van der Waals surface area contributed by atoms with Gasteiger partial charge in [0.1, 0.15) is 5.52 Å². The highest BCUT2D eigenvalue weighted by Crippen LogP contribution is 2.30. The predicted molar refractivity (Wildman–Crippen MR) is 60.7 cm³/mol. The fourth-order valence-electron chi connectivity index (χ4n) is 1.43. The van der Waals surface area contributed by atoms with E-state index in [1.807, 2.05) is 19.9 Å². The van der Waals surface area contributed by atoms with Crippen LogP contribution >= 0.6 is 15.9 Å². The molecule has 2 aromatic rings. The molecule has 4 heteroatoms. The Labute approximate surface area is 90.6 Å². The van der Waals surface area contributed by atoms with Crippen molar-refractivity contribution in [1.82, 2.24) is 4.98 Å². The maximum atomic E-state index is 5.54. The summed E-state index contributed by atoms with van der Waals surface area (Å²) in [5.74, 6) is 0. The second-order valence-corrected chi connectivity index (χ2v) is 4.10. The third-order valence-corrected chi connectivity index (χ3v) is 3.08.